The van der Waals surface area contributed by atoms with Gasteiger partial charge < -0.3 is 9.80 Å². The van der Waals surface area contributed by atoms with Gasteiger partial charge in [-0.2, -0.15) is 0 Å². The number of hydrogen-bond donors (Lipinski definition) is 0. The lowest BCUT2D eigenvalue weighted by atomic mass is 9.81. The van der Waals surface area contributed by atoms with Crippen molar-refractivity contribution in [2.75, 3.05) is 36.0 Å². The van der Waals surface area contributed by atoms with Crippen molar-refractivity contribution in [3.8, 4) is 0 Å². The van der Waals surface area contributed by atoms with E-state index in [1.807, 2.05) is 0 Å². The summed E-state index contributed by atoms with van der Waals surface area (Å²) in [6.45, 7) is 17.6. The van der Waals surface area contributed by atoms with Crippen LogP contribution >= 0.6 is 0 Å². The average molecular weight is 429 g/mol. The Morgan fingerprint density at radius 2 is 1.03 bits per heavy atom. The Hall–Kier alpha value is -2.74. The van der Waals surface area contributed by atoms with Crippen LogP contribution in [0.4, 0.5) is 11.4 Å². The molecule has 32 heavy (non-hydrogen) atoms. The molecule has 2 nitrogen and oxygen atoms in total. The molecule has 0 bridgehead atoms. The maximum atomic E-state index is 2.42. The normalized spacial score (nSPS) is 11.1. The van der Waals surface area contributed by atoms with Gasteiger partial charge in [-0.1, -0.05) is 42.5 Å². The third kappa shape index (κ3) is 5.35. The van der Waals surface area contributed by atoms with Crippen molar-refractivity contribution < 1.29 is 0 Å². The van der Waals surface area contributed by atoms with Crippen LogP contribution in [0, 0.1) is 13.8 Å². The van der Waals surface area contributed by atoms with Crippen molar-refractivity contribution >= 4 is 11.4 Å². The largest absolute Gasteiger partial charge is 0.372 e. The van der Waals surface area contributed by atoms with Gasteiger partial charge in [0.1, 0.15) is 0 Å². The number of anilines is 2. The standard InChI is InChI=1S/C30H40N2/c1-7-31(8-2)26-16-18-28(23(5)20-26)30(22-25-14-12-11-13-15-25)29-19-17-27(21-24(29)6)32(9-3)10-4/h11-21,30H,7-10,22H2,1-6H3. The number of rotatable bonds is 10. The van der Waals surface area contributed by atoms with Crippen molar-refractivity contribution in [2.45, 2.75) is 53.9 Å². The van der Waals surface area contributed by atoms with Crippen LogP contribution in [0.25, 0.3) is 0 Å². The van der Waals surface area contributed by atoms with E-state index < -0.39 is 0 Å². The van der Waals surface area contributed by atoms with Gasteiger partial charge in [-0.15, -0.1) is 0 Å². The number of benzene rings is 3. The van der Waals surface area contributed by atoms with Crippen molar-refractivity contribution in [1.82, 2.24) is 0 Å². The molecule has 0 aliphatic heterocycles. The van der Waals surface area contributed by atoms with Gasteiger partial charge in [0.15, 0.2) is 0 Å². The van der Waals surface area contributed by atoms with Gasteiger partial charge in [-0.25, -0.2) is 0 Å². The lowest BCUT2D eigenvalue weighted by Gasteiger charge is -2.27. The highest BCUT2D eigenvalue weighted by atomic mass is 15.1. The predicted molar refractivity (Wildman–Crippen MR) is 141 cm³/mol. The zero-order valence-electron chi connectivity index (χ0n) is 20.9. The summed E-state index contributed by atoms with van der Waals surface area (Å²) >= 11 is 0. The molecule has 0 aromatic heterocycles. The summed E-state index contributed by atoms with van der Waals surface area (Å²) in [5, 5.41) is 0. The number of aryl methyl sites for hydroxylation is 2. The molecule has 0 aliphatic carbocycles. The minimum Gasteiger partial charge on any atom is -0.372 e. The Morgan fingerprint density at radius 1 is 0.594 bits per heavy atom. The highest BCUT2D eigenvalue weighted by molar-refractivity contribution is 5.56. The molecule has 2 heteroatoms. The van der Waals surface area contributed by atoms with Crippen LogP contribution in [0.5, 0.6) is 0 Å². The van der Waals surface area contributed by atoms with E-state index in [1.165, 1.54) is 39.2 Å². The van der Waals surface area contributed by atoms with Crippen molar-refractivity contribution in [2.24, 2.45) is 0 Å². The van der Waals surface area contributed by atoms with Crippen LogP contribution in [0.1, 0.15) is 61.4 Å². The van der Waals surface area contributed by atoms with Gasteiger partial charge >= 0.3 is 0 Å². The van der Waals surface area contributed by atoms with Crippen molar-refractivity contribution in [1.29, 1.82) is 0 Å². The highest BCUT2D eigenvalue weighted by Gasteiger charge is 2.20. The lowest BCUT2D eigenvalue weighted by Crippen LogP contribution is -2.22. The van der Waals surface area contributed by atoms with E-state index in [1.54, 1.807) is 0 Å². The molecule has 0 heterocycles. The summed E-state index contributed by atoms with van der Waals surface area (Å²) < 4.78 is 0. The van der Waals surface area contributed by atoms with E-state index in [0.29, 0.717) is 5.92 Å². The van der Waals surface area contributed by atoms with Crippen LogP contribution in [0.15, 0.2) is 66.7 Å². The van der Waals surface area contributed by atoms with Crippen LogP contribution in [0.3, 0.4) is 0 Å². The zero-order chi connectivity index (χ0) is 23.1. The first-order valence-corrected chi connectivity index (χ1v) is 12.3. The molecule has 170 valence electrons. The van der Waals surface area contributed by atoms with Crippen molar-refractivity contribution in [3.63, 3.8) is 0 Å². The second kappa shape index (κ2) is 11.2. The maximum Gasteiger partial charge on any atom is 0.0368 e. The van der Waals surface area contributed by atoms with Crippen LogP contribution in [0.2, 0.25) is 0 Å². The molecular formula is C30H40N2. The Morgan fingerprint density at radius 3 is 1.41 bits per heavy atom. The monoisotopic (exact) mass is 428 g/mol. The summed E-state index contributed by atoms with van der Waals surface area (Å²) in [5.41, 5.74) is 9.65. The third-order valence-electron chi connectivity index (χ3n) is 6.80. The summed E-state index contributed by atoms with van der Waals surface area (Å²) in [6, 6.07) is 25.0. The number of hydrogen-bond acceptors (Lipinski definition) is 2. The average Bonchev–Trinajstić information content (AvgIpc) is 2.81. The fourth-order valence-corrected chi connectivity index (χ4v) is 4.91. The second-order valence-corrected chi connectivity index (χ2v) is 8.67. The van der Waals surface area contributed by atoms with Crippen LogP contribution in [-0.2, 0) is 6.42 Å². The maximum absolute atomic E-state index is 2.42. The van der Waals surface area contributed by atoms with E-state index in [-0.39, 0.29) is 0 Å². The topological polar surface area (TPSA) is 6.48 Å². The predicted octanol–water partition coefficient (Wildman–Crippen LogP) is 7.37. The van der Waals surface area contributed by atoms with E-state index >= 15 is 0 Å². The first-order valence-electron chi connectivity index (χ1n) is 12.3. The van der Waals surface area contributed by atoms with Gasteiger partial charge in [0, 0.05) is 43.5 Å². The molecule has 0 radical (unpaired) electrons. The SMILES string of the molecule is CCN(CC)c1ccc(C(Cc2ccccc2)c2ccc(N(CC)CC)cc2C)c(C)c1. The summed E-state index contributed by atoms with van der Waals surface area (Å²) in [4.78, 5) is 4.85. The van der Waals surface area contributed by atoms with Gasteiger partial charge in [0.2, 0.25) is 0 Å². The molecule has 0 spiro atoms. The molecule has 3 rings (SSSR count). The molecule has 0 unspecified atom stereocenters. The quantitative estimate of drug-likeness (QED) is 0.332. The highest BCUT2D eigenvalue weighted by Crippen LogP contribution is 2.35. The molecule has 0 amide bonds. The van der Waals surface area contributed by atoms with Crippen molar-refractivity contribution in [3.05, 3.63) is 94.5 Å². The van der Waals surface area contributed by atoms with Crippen LogP contribution in [-0.4, -0.2) is 26.2 Å². The summed E-state index contributed by atoms with van der Waals surface area (Å²) in [6.07, 6.45) is 1.01. The van der Waals surface area contributed by atoms with E-state index in [0.717, 1.165) is 32.6 Å². The minimum absolute atomic E-state index is 0.342. The lowest BCUT2D eigenvalue weighted by molar-refractivity contribution is 0.788. The molecule has 0 N–H and O–H groups in total. The van der Waals surface area contributed by atoms with Gasteiger partial charge in [-0.05, 0) is 100 Å². The summed E-state index contributed by atoms with van der Waals surface area (Å²) in [5.74, 6) is 0.342. The molecule has 0 saturated carbocycles. The Kier molecular flexibility index (Phi) is 8.39. The molecule has 0 aliphatic rings. The molecular weight excluding hydrogens is 388 g/mol. The molecule has 0 saturated heterocycles. The smallest absolute Gasteiger partial charge is 0.0368 e. The van der Waals surface area contributed by atoms with Crippen LogP contribution < -0.4 is 9.80 Å². The fourth-order valence-electron chi connectivity index (χ4n) is 4.91. The Balaban J connectivity index is 2.05. The molecule has 0 fully saturated rings. The Bertz CT molecular complexity index is 923. The second-order valence-electron chi connectivity index (χ2n) is 8.67. The summed E-state index contributed by atoms with van der Waals surface area (Å²) in [7, 11) is 0. The van der Waals surface area contributed by atoms with E-state index in [4.69, 9.17) is 0 Å². The minimum atomic E-state index is 0.342. The van der Waals surface area contributed by atoms with Gasteiger partial charge in [0.05, 0.1) is 0 Å². The Labute approximate surface area is 195 Å². The molecule has 3 aromatic carbocycles. The first-order chi connectivity index (χ1) is 15.5. The molecule has 0 atom stereocenters. The molecule has 3 aromatic rings. The fraction of sp³-hybridized carbons (Fsp3) is 0.400. The third-order valence-corrected chi connectivity index (χ3v) is 6.80. The zero-order valence-corrected chi connectivity index (χ0v) is 20.9. The first kappa shape index (κ1) is 23.9. The van der Waals surface area contributed by atoms with E-state index in [9.17, 15) is 0 Å². The number of nitrogens with zero attached hydrogens (tertiary/aromatic N) is 2. The van der Waals surface area contributed by atoms with E-state index in [2.05, 4.69) is 118 Å². The van der Waals surface area contributed by atoms with Gasteiger partial charge in [0.25, 0.3) is 0 Å². The van der Waals surface area contributed by atoms with Gasteiger partial charge in [-0.3, -0.25) is 0 Å².